The number of halogens is 2. The number of rotatable bonds is 1. The molecule has 1 aliphatic rings. The van der Waals surface area contributed by atoms with Crippen LogP contribution in [0.1, 0.15) is 12.0 Å². The molecule has 4 heteroatoms. The van der Waals surface area contributed by atoms with E-state index >= 15 is 0 Å². The van der Waals surface area contributed by atoms with Gasteiger partial charge in [0.25, 0.3) is 0 Å². The van der Waals surface area contributed by atoms with Crippen LogP contribution in [0.25, 0.3) is 0 Å². The molecule has 0 radical (unpaired) electrons. The summed E-state index contributed by atoms with van der Waals surface area (Å²) in [4.78, 5) is 1.89. The van der Waals surface area contributed by atoms with Gasteiger partial charge in [-0.1, -0.05) is 0 Å². The molecule has 0 aliphatic carbocycles. The maximum Gasteiger partial charge on any atom is 0.129 e. The Morgan fingerprint density at radius 1 is 1.40 bits per heavy atom. The van der Waals surface area contributed by atoms with Crippen molar-refractivity contribution < 1.29 is 13.9 Å². The highest BCUT2D eigenvalue weighted by atomic mass is 19.1. The monoisotopic (exact) mass is 213 g/mol. The number of nitrogens with zero attached hydrogens (tertiary/aromatic N) is 1. The highest BCUT2D eigenvalue weighted by Crippen LogP contribution is 2.33. The van der Waals surface area contributed by atoms with Crippen molar-refractivity contribution in [2.75, 3.05) is 20.1 Å². The molecule has 0 aromatic heterocycles. The second-order valence-corrected chi connectivity index (χ2v) is 4.14. The van der Waals surface area contributed by atoms with Crippen molar-refractivity contribution in [2.24, 2.45) is 0 Å². The van der Waals surface area contributed by atoms with Gasteiger partial charge < -0.3 is 10.0 Å². The third-order valence-electron chi connectivity index (χ3n) is 2.87. The molecule has 1 saturated heterocycles. The molecule has 0 spiro atoms. The van der Waals surface area contributed by atoms with Gasteiger partial charge in [-0.3, -0.25) is 0 Å². The summed E-state index contributed by atoms with van der Waals surface area (Å²) < 4.78 is 26.4. The molecule has 15 heavy (non-hydrogen) atoms. The topological polar surface area (TPSA) is 23.5 Å². The van der Waals surface area contributed by atoms with E-state index in [1.807, 2.05) is 11.9 Å². The van der Waals surface area contributed by atoms with Crippen LogP contribution in [0.15, 0.2) is 18.2 Å². The van der Waals surface area contributed by atoms with E-state index in [2.05, 4.69) is 0 Å². The van der Waals surface area contributed by atoms with Gasteiger partial charge in [0.15, 0.2) is 0 Å². The summed E-state index contributed by atoms with van der Waals surface area (Å²) in [5, 5.41) is 10.2. The van der Waals surface area contributed by atoms with Crippen molar-refractivity contribution in [2.45, 2.75) is 12.0 Å². The molecule has 1 heterocycles. The van der Waals surface area contributed by atoms with Gasteiger partial charge in [0.1, 0.15) is 17.2 Å². The van der Waals surface area contributed by atoms with Gasteiger partial charge in [-0.2, -0.15) is 0 Å². The molecule has 0 amide bonds. The number of aliphatic hydroxyl groups is 1. The van der Waals surface area contributed by atoms with Crippen LogP contribution in [0.3, 0.4) is 0 Å². The lowest BCUT2D eigenvalue weighted by Gasteiger charge is -2.23. The minimum absolute atomic E-state index is 0.0619. The van der Waals surface area contributed by atoms with Crippen LogP contribution in [-0.2, 0) is 5.60 Å². The Morgan fingerprint density at radius 2 is 2.13 bits per heavy atom. The van der Waals surface area contributed by atoms with Crippen molar-refractivity contribution in [3.05, 3.63) is 35.4 Å². The van der Waals surface area contributed by atoms with Gasteiger partial charge >= 0.3 is 0 Å². The summed E-state index contributed by atoms with van der Waals surface area (Å²) in [5.74, 6) is -1.07. The number of β-amino-alcohol motifs (C(OH)–C–C–N with tert-alkyl or cyclic N) is 1. The van der Waals surface area contributed by atoms with E-state index in [1.165, 1.54) is 0 Å². The summed E-state index contributed by atoms with van der Waals surface area (Å²) in [5.41, 5.74) is -1.19. The van der Waals surface area contributed by atoms with E-state index in [0.29, 0.717) is 19.5 Å². The third kappa shape index (κ3) is 1.87. The van der Waals surface area contributed by atoms with Crippen LogP contribution < -0.4 is 0 Å². The van der Waals surface area contributed by atoms with E-state index in [9.17, 15) is 13.9 Å². The van der Waals surface area contributed by atoms with Crippen LogP contribution in [0.4, 0.5) is 8.78 Å². The SMILES string of the molecule is CN1CCC(O)(c2cc(F)ccc2F)C1. The van der Waals surface area contributed by atoms with Gasteiger partial charge in [-0.15, -0.1) is 0 Å². The Morgan fingerprint density at radius 3 is 2.73 bits per heavy atom. The summed E-state index contributed by atoms with van der Waals surface area (Å²) in [6.45, 7) is 1.03. The van der Waals surface area contributed by atoms with Gasteiger partial charge in [0.05, 0.1) is 0 Å². The second kappa shape index (κ2) is 3.54. The van der Waals surface area contributed by atoms with Gasteiger partial charge in [-0.25, -0.2) is 8.78 Å². The molecule has 82 valence electrons. The summed E-state index contributed by atoms with van der Waals surface area (Å²) in [6, 6.07) is 3.19. The van der Waals surface area contributed by atoms with Crippen LogP contribution in [0.5, 0.6) is 0 Å². The van der Waals surface area contributed by atoms with Gasteiger partial charge in [0, 0.05) is 18.7 Å². The molecule has 2 nitrogen and oxygen atoms in total. The molecule has 1 aliphatic heterocycles. The van der Waals surface area contributed by atoms with E-state index in [0.717, 1.165) is 18.2 Å². The number of likely N-dealkylation sites (tertiary alicyclic amines) is 1. The van der Waals surface area contributed by atoms with Gasteiger partial charge in [-0.05, 0) is 31.7 Å². The minimum Gasteiger partial charge on any atom is -0.384 e. The van der Waals surface area contributed by atoms with Crippen molar-refractivity contribution in [1.29, 1.82) is 0 Å². The molecular formula is C11H13F2NO. The smallest absolute Gasteiger partial charge is 0.129 e. The summed E-state index contributed by atoms with van der Waals surface area (Å²) in [7, 11) is 1.84. The zero-order valence-corrected chi connectivity index (χ0v) is 8.50. The number of hydrogen-bond donors (Lipinski definition) is 1. The molecule has 0 saturated carbocycles. The Hall–Kier alpha value is -1.00. The summed E-state index contributed by atoms with van der Waals surface area (Å²) >= 11 is 0. The number of benzene rings is 1. The Kier molecular flexibility index (Phi) is 2.48. The van der Waals surface area contributed by atoms with E-state index in [1.54, 1.807) is 0 Å². The fourth-order valence-electron chi connectivity index (χ4n) is 2.05. The second-order valence-electron chi connectivity index (χ2n) is 4.14. The van der Waals surface area contributed by atoms with Crippen LogP contribution in [-0.4, -0.2) is 30.1 Å². The predicted octanol–water partition coefficient (Wildman–Crippen LogP) is 1.49. The first-order valence-corrected chi connectivity index (χ1v) is 4.88. The lowest BCUT2D eigenvalue weighted by molar-refractivity contribution is 0.0449. The van der Waals surface area contributed by atoms with E-state index in [-0.39, 0.29) is 5.56 Å². The zero-order valence-electron chi connectivity index (χ0n) is 8.50. The molecule has 1 aromatic rings. The lowest BCUT2D eigenvalue weighted by atomic mass is 9.92. The lowest BCUT2D eigenvalue weighted by Crippen LogP contribution is -2.30. The largest absolute Gasteiger partial charge is 0.384 e. The average Bonchev–Trinajstić information content (AvgIpc) is 2.52. The fourth-order valence-corrected chi connectivity index (χ4v) is 2.05. The first kappa shape index (κ1) is 10.5. The minimum atomic E-state index is -1.25. The van der Waals surface area contributed by atoms with E-state index in [4.69, 9.17) is 0 Å². The Balaban J connectivity index is 2.40. The number of hydrogen-bond acceptors (Lipinski definition) is 2. The molecule has 1 unspecified atom stereocenters. The standard InChI is InChI=1S/C11H13F2NO/c1-14-5-4-11(15,7-14)9-6-8(12)2-3-10(9)13/h2-3,6,15H,4-5,7H2,1H3. The van der Waals surface area contributed by atoms with Crippen molar-refractivity contribution in [1.82, 2.24) is 4.90 Å². The number of likely N-dealkylation sites (N-methyl/N-ethyl adjacent to an activating group) is 1. The predicted molar refractivity (Wildman–Crippen MR) is 52.4 cm³/mol. The van der Waals surface area contributed by atoms with E-state index < -0.39 is 17.2 Å². The maximum absolute atomic E-state index is 13.4. The van der Waals surface area contributed by atoms with Crippen LogP contribution in [0, 0.1) is 11.6 Å². The molecule has 1 fully saturated rings. The molecule has 1 aromatic carbocycles. The average molecular weight is 213 g/mol. The summed E-state index contributed by atoms with van der Waals surface area (Å²) in [6.07, 6.45) is 0.434. The maximum atomic E-state index is 13.4. The Bertz CT molecular complexity index is 383. The van der Waals surface area contributed by atoms with Gasteiger partial charge in [0.2, 0.25) is 0 Å². The Labute approximate surface area is 87.1 Å². The quantitative estimate of drug-likeness (QED) is 0.764. The molecule has 1 atom stereocenters. The van der Waals surface area contributed by atoms with Crippen molar-refractivity contribution in [3.8, 4) is 0 Å². The normalized spacial score (nSPS) is 27.2. The third-order valence-corrected chi connectivity index (χ3v) is 2.87. The molecule has 2 rings (SSSR count). The fraction of sp³-hybridized carbons (Fsp3) is 0.455. The van der Waals surface area contributed by atoms with Crippen LogP contribution >= 0.6 is 0 Å². The first-order valence-electron chi connectivity index (χ1n) is 4.88. The highest BCUT2D eigenvalue weighted by Gasteiger charge is 2.38. The zero-order chi connectivity index (χ0) is 11.1. The van der Waals surface area contributed by atoms with Crippen molar-refractivity contribution >= 4 is 0 Å². The first-order chi connectivity index (χ1) is 7.01. The van der Waals surface area contributed by atoms with Crippen molar-refractivity contribution in [3.63, 3.8) is 0 Å². The molecular weight excluding hydrogens is 200 g/mol. The highest BCUT2D eigenvalue weighted by molar-refractivity contribution is 5.26. The molecule has 1 N–H and O–H groups in total. The van der Waals surface area contributed by atoms with Crippen LogP contribution in [0.2, 0.25) is 0 Å². The molecule has 0 bridgehead atoms.